The molecule has 1 fully saturated rings. The number of hydrogen-bond acceptors (Lipinski definition) is 7. The molecule has 7 nitrogen and oxygen atoms in total. The third-order valence-electron chi connectivity index (χ3n) is 3.37. The van der Waals surface area contributed by atoms with Crippen LogP contribution in [-0.4, -0.2) is 55.9 Å². The number of aromatic nitrogens is 2. The van der Waals surface area contributed by atoms with Crippen LogP contribution in [-0.2, 0) is 15.4 Å². The first kappa shape index (κ1) is 16.4. The SMILES string of the molecule is C[C@H]1COCCN1c1cc(C(CCO)[SH](=O)=O)nc(Cl)n1. The number of rotatable bonds is 5. The van der Waals surface area contributed by atoms with Crippen molar-refractivity contribution in [3.8, 4) is 0 Å². The normalized spacial score (nSPS) is 20.8. The van der Waals surface area contributed by atoms with Crippen LogP contribution >= 0.6 is 11.6 Å². The van der Waals surface area contributed by atoms with Gasteiger partial charge >= 0.3 is 0 Å². The van der Waals surface area contributed by atoms with Crippen molar-refractivity contribution in [1.82, 2.24) is 9.97 Å². The summed E-state index contributed by atoms with van der Waals surface area (Å²) in [6.45, 7) is 3.57. The Balaban J connectivity index is 2.35. The van der Waals surface area contributed by atoms with Crippen LogP contribution in [0.1, 0.15) is 24.3 Å². The number of aliphatic hydroxyl groups excluding tert-OH is 1. The molecular formula is C12H18ClN3O4S. The predicted octanol–water partition coefficient (Wildman–Crippen LogP) is 0.390. The highest BCUT2D eigenvalue weighted by Gasteiger charge is 2.24. The van der Waals surface area contributed by atoms with Gasteiger partial charge in [0.15, 0.2) is 0 Å². The van der Waals surface area contributed by atoms with Gasteiger partial charge in [-0.05, 0) is 24.9 Å². The predicted molar refractivity (Wildman–Crippen MR) is 79.4 cm³/mol. The van der Waals surface area contributed by atoms with Gasteiger partial charge in [-0.1, -0.05) is 0 Å². The van der Waals surface area contributed by atoms with E-state index in [1.165, 1.54) is 0 Å². The molecule has 1 N–H and O–H groups in total. The van der Waals surface area contributed by atoms with Gasteiger partial charge in [-0.25, -0.2) is 18.4 Å². The van der Waals surface area contributed by atoms with E-state index in [9.17, 15) is 8.42 Å². The Morgan fingerprint density at radius 2 is 2.33 bits per heavy atom. The molecule has 1 saturated heterocycles. The summed E-state index contributed by atoms with van der Waals surface area (Å²) in [6, 6.07) is 1.74. The molecule has 0 spiro atoms. The molecule has 0 amide bonds. The van der Waals surface area contributed by atoms with Gasteiger partial charge in [0.2, 0.25) is 5.28 Å². The Morgan fingerprint density at radius 3 is 2.95 bits per heavy atom. The topological polar surface area (TPSA) is 92.6 Å². The van der Waals surface area contributed by atoms with Crippen LogP contribution in [0.3, 0.4) is 0 Å². The minimum atomic E-state index is -2.75. The molecule has 0 aromatic carbocycles. The molecule has 9 heteroatoms. The van der Waals surface area contributed by atoms with Crippen molar-refractivity contribution in [2.24, 2.45) is 0 Å². The van der Waals surface area contributed by atoms with Gasteiger partial charge in [-0.3, -0.25) is 0 Å². The number of morpholine rings is 1. The highest BCUT2D eigenvalue weighted by molar-refractivity contribution is 7.72. The second-order valence-electron chi connectivity index (χ2n) is 4.85. The zero-order valence-electron chi connectivity index (χ0n) is 11.6. The molecule has 2 heterocycles. The van der Waals surface area contributed by atoms with E-state index in [-0.39, 0.29) is 24.4 Å². The van der Waals surface area contributed by atoms with E-state index in [4.69, 9.17) is 21.4 Å². The van der Waals surface area contributed by atoms with Gasteiger partial charge in [0.05, 0.1) is 24.9 Å². The molecule has 1 aliphatic rings. The van der Waals surface area contributed by atoms with Crippen molar-refractivity contribution < 1.29 is 18.3 Å². The van der Waals surface area contributed by atoms with E-state index in [1.807, 2.05) is 11.8 Å². The third-order valence-corrected chi connectivity index (χ3v) is 4.57. The summed E-state index contributed by atoms with van der Waals surface area (Å²) in [6.07, 6.45) is 0.0875. The molecule has 2 atom stereocenters. The number of anilines is 1. The minimum Gasteiger partial charge on any atom is -0.396 e. The standard InChI is InChI=1S/C12H18ClN3O4S/c1-8-7-20-5-3-16(8)11-6-9(14-12(13)15-11)10(2-4-17)21(18)19/h6,8,10,17,21H,2-5,7H2,1H3/t8-,10?/m0/s1. The van der Waals surface area contributed by atoms with Crippen molar-refractivity contribution in [3.05, 3.63) is 17.0 Å². The van der Waals surface area contributed by atoms with E-state index in [0.29, 0.717) is 31.3 Å². The van der Waals surface area contributed by atoms with Crippen LogP contribution in [0.2, 0.25) is 5.28 Å². The Kier molecular flexibility index (Phi) is 5.74. The fourth-order valence-electron chi connectivity index (χ4n) is 2.29. The fraction of sp³-hybridized carbons (Fsp3) is 0.667. The maximum absolute atomic E-state index is 11.3. The number of halogens is 1. The maximum Gasteiger partial charge on any atom is 0.224 e. The molecular weight excluding hydrogens is 318 g/mol. The molecule has 1 unspecified atom stereocenters. The smallest absolute Gasteiger partial charge is 0.224 e. The molecule has 0 aliphatic carbocycles. The Morgan fingerprint density at radius 1 is 1.57 bits per heavy atom. The highest BCUT2D eigenvalue weighted by atomic mass is 35.5. The maximum atomic E-state index is 11.3. The lowest BCUT2D eigenvalue weighted by Gasteiger charge is -2.34. The van der Waals surface area contributed by atoms with E-state index in [1.54, 1.807) is 6.07 Å². The zero-order valence-corrected chi connectivity index (χ0v) is 13.3. The number of thiol groups is 1. The highest BCUT2D eigenvalue weighted by Crippen LogP contribution is 2.25. The molecule has 0 radical (unpaired) electrons. The largest absolute Gasteiger partial charge is 0.396 e. The van der Waals surface area contributed by atoms with Crippen molar-refractivity contribution in [3.63, 3.8) is 0 Å². The molecule has 0 saturated carbocycles. The molecule has 1 aliphatic heterocycles. The van der Waals surface area contributed by atoms with Gasteiger partial charge in [-0.2, -0.15) is 0 Å². The molecule has 0 bridgehead atoms. The van der Waals surface area contributed by atoms with E-state index >= 15 is 0 Å². The number of aliphatic hydroxyl groups is 1. The zero-order chi connectivity index (χ0) is 15.4. The second-order valence-corrected chi connectivity index (χ2v) is 6.38. The van der Waals surface area contributed by atoms with Crippen LogP contribution in [0, 0.1) is 0 Å². The fourth-order valence-corrected chi connectivity index (χ4v) is 3.15. The number of hydrogen-bond donors (Lipinski definition) is 2. The van der Waals surface area contributed by atoms with Gasteiger partial charge in [-0.15, -0.1) is 0 Å². The Labute approximate surface area is 129 Å². The summed E-state index contributed by atoms with van der Waals surface area (Å²) < 4.78 is 28.1. The van der Waals surface area contributed by atoms with Crippen molar-refractivity contribution >= 4 is 28.1 Å². The average molecular weight is 336 g/mol. The minimum absolute atomic E-state index is 0.000909. The Bertz CT molecular complexity index is 561. The molecule has 21 heavy (non-hydrogen) atoms. The van der Waals surface area contributed by atoms with E-state index < -0.39 is 16.0 Å². The van der Waals surface area contributed by atoms with Gasteiger partial charge in [0.1, 0.15) is 21.8 Å². The number of ether oxygens (including phenoxy) is 1. The van der Waals surface area contributed by atoms with Crippen LogP contribution < -0.4 is 4.90 Å². The molecule has 2 rings (SSSR count). The molecule has 1 aromatic rings. The molecule has 1 aromatic heterocycles. The summed E-state index contributed by atoms with van der Waals surface area (Å²) in [4.78, 5) is 10.2. The first-order valence-electron chi connectivity index (χ1n) is 6.66. The first-order valence-corrected chi connectivity index (χ1v) is 8.28. The Hall–Kier alpha value is -0.960. The van der Waals surface area contributed by atoms with Crippen molar-refractivity contribution in [2.75, 3.05) is 31.3 Å². The van der Waals surface area contributed by atoms with Crippen LogP contribution in [0.5, 0.6) is 0 Å². The van der Waals surface area contributed by atoms with Gasteiger partial charge < -0.3 is 14.7 Å². The summed E-state index contributed by atoms with van der Waals surface area (Å²) in [5.41, 5.74) is 0.314. The lowest BCUT2D eigenvalue weighted by molar-refractivity contribution is 0.0985. The van der Waals surface area contributed by atoms with Crippen molar-refractivity contribution in [1.29, 1.82) is 0 Å². The van der Waals surface area contributed by atoms with E-state index in [0.717, 1.165) is 0 Å². The lowest BCUT2D eigenvalue weighted by Crippen LogP contribution is -2.44. The summed E-state index contributed by atoms with van der Waals surface area (Å²) >= 11 is 5.93. The molecule has 118 valence electrons. The number of nitrogens with zero attached hydrogens (tertiary/aromatic N) is 3. The second kappa shape index (κ2) is 7.35. The summed E-state index contributed by atoms with van der Waals surface area (Å²) in [5, 5.41) is 8.15. The monoisotopic (exact) mass is 335 g/mol. The van der Waals surface area contributed by atoms with Crippen molar-refractivity contribution in [2.45, 2.75) is 24.6 Å². The third kappa shape index (κ3) is 4.03. The summed E-state index contributed by atoms with van der Waals surface area (Å²) in [5.74, 6) is 0.584. The van der Waals surface area contributed by atoms with Gasteiger partial charge in [0.25, 0.3) is 0 Å². The van der Waals surface area contributed by atoms with Gasteiger partial charge in [0, 0.05) is 19.2 Å². The van der Waals surface area contributed by atoms with Crippen LogP contribution in [0.4, 0.5) is 5.82 Å². The summed E-state index contributed by atoms with van der Waals surface area (Å²) in [7, 11) is -2.75. The van der Waals surface area contributed by atoms with E-state index in [2.05, 4.69) is 9.97 Å². The first-order chi connectivity index (χ1) is 10.0. The lowest BCUT2D eigenvalue weighted by atomic mass is 10.2. The average Bonchev–Trinajstić information content (AvgIpc) is 2.44. The quantitative estimate of drug-likeness (QED) is 0.594. The van der Waals surface area contributed by atoms with Crippen LogP contribution in [0.25, 0.3) is 0 Å². The van der Waals surface area contributed by atoms with Crippen LogP contribution in [0.15, 0.2) is 6.07 Å².